The van der Waals surface area contributed by atoms with E-state index in [1.54, 1.807) is 30.6 Å². The molecule has 0 bridgehead atoms. The van der Waals surface area contributed by atoms with E-state index in [1.807, 2.05) is 30.3 Å². The number of hydrogen-bond acceptors (Lipinski definition) is 13. The highest BCUT2D eigenvalue weighted by atomic mass is 33.1. The number of carbonyl (C=O) groups is 9. The van der Waals surface area contributed by atoms with Crippen LogP contribution in [0.4, 0.5) is 0 Å². The Balaban J connectivity index is 1.25. The smallest absolute Gasteiger partial charge is 0.303 e. The number of rotatable bonds is 10. The monoisotopic (exact) mass is 989 g/mol. The van der Waals surface area contributed by atoms with E-state index in [0.717, 1.165) is 48.3 Å². The average Bonchev–Trinajstić information content (AvgIpc) is 4.16. The maximum atomic E-state index is 14.6. The normalized spacial score (nSPS) is 25.9. The van der Waals surface area contributed by atoms with Crippen molar-refractivity contribution < 1.29 is 53.4 Å². The van der Waals surface area contributed by atoms with E-state index < -0.39 is 121 Å². The number of nitrogens with one attached hydrogen (secondary N) is 7. The van der Waals surface area contributed by atoms with E-state index in [4.69, 9.17) is 11.5 Å². The van der Waals surface area contributed by atoms with E-state index in [9.17, 15) is 53.4 Å². The summed E-state index contributed by atoms with van der Waals surface area (Å²) in [6, 6.07) is 5.13. The highest BCUT2D eigenvalue weighted by Gasteiger charge is 2.44. The van der Waals surface area contributed by atoms with Crippen molar-refractivity contribution in [1.82, 2.24) is 46.4 Å². The van der Waals surface area contributed by atoms with Crippen molar-refractivity contribution in [3.05, 3.63) is 72.1 Å². The second-order valence-corrected chi connectivity index (χ2v) is 19.7. The zero-order valence-electron chi connectivity index (χ0n) is 37.3. The van der Waals surface area contributed by atoms with Gasteiger partial charge in [0.2, 0.25) is 47.3 Å². The van der Waals surface area contributed by atoms with Gasteiger partial charge in [-0.2, -0.15) is 0 Å². The van der Waals surface area contributed by atoms with Gasteiger partial charge in [0, 0.05) is 84.5 Å². The number of primary amides is 1. The van der Waals surface area contributed by atoms with Crippen LogP contribution < -0.4 is 38.1 Å². The van der Waals surface area contributed by atoms with Gasteiger partial charge < -0.3 is 68.0 Å². The molecular weight excluding hydrogens is 935 g/mol. The third-order valence-corrected chi connectivity index (χ3v) is 14.9. The third kappa shape index (κ3) is 12.2. The number of aliphatic hydroxyl groups is 1. The zero-order valence-corrected chi connectivity index (χ0v) is 38.9. The summed E-state index contributed by atoms with van der Waals surface area (Å²) in [4.78, 5) is 132. The van der Waals surface area contributed by atoms with Gasteiger partial charge in [-0.15, -0.1) is 0 Å². The van der Waals surface area contributed by atoms with Crippen molar-refractivity contribution in [2.24, 2.45) is 11.5 Å². The van der Waals surface area contributed by atoms with Gasteiger partial charge in [0.1, 0.15) is 42.3 Å². The maximum absolute atomic E-state index is 14.6. The Morgan fingerprint density at radius 1 is 0.725 bits per heavy atom. The Labute approximate surface area is 402 Å². The summed E-state index contributed by atoms with van der Waals surface area (Å²) in [5, 5.41) is 35.5. The number of nitrogens with zero attached hydrogens (tertiary/aromatic N) is 2. The number of fused-ring (bicyclic) bond motifs is 4. The third-order valence-electron chi connectivity index (χ3n) is 12.5. The predicted octanol–water partition coefficient (Wildman–Crippen LogP) is -1.48. The average molecular weight is 990 g/mol. The first-order valence-electron chi connectivity index (χ1n) is 22.5. The zero-order chi connectivity index (χ0) is 49.4. The summed E-state index contributed by atoms with van der Waals surface area (Å²) in [5.41, 5.74) is 14.1. The molecule has 0 spiro atoms. The van der Waals surface area contributed by atoms with Gasteiger partial charge in [-0.1, -0.05) is 58.0 Å². The van der Waals surface area contributed by atoms with Crippen LogP contribution in [0.15, 0.2) is 60.9 Å². The molecule has 0 saturated carbocycles. The molecule has 3 fully saturated rings. The minimum atomic E-state index is -1.51. The number of benzene rings is 2. The largest absolute Gasteiger partial charge is 0.481 e. The molecule has 5 heterocycles. The van der Waals surface area contributed by atoms with Gasteiger partial charge in [0.15, 0.2) is 0 Å². The molecule has 368 valence electrons. The molecule has 3 aliphatic rings. The fraction of sp³-hybridized carbons (Fsp3) is 0.444. The SMILES string of the molecule is NCC(=O)N[C@H]1CSSC[C@@H](C(N)=O)NC(=O)[C@H](Cc2c[nH]c3ccccc23)NC(=O)[C@@H]2CCCN2C(=O)[C@H](CCC(=O)O)NC(=O)[C@@H](Cc2c[nH]c3ccccc23)NC(=O)[C@@H]2C[C@@H](O)CN2C1=O. The summed E-state index contributed by atoms with van der Waals surface area (Å²) in [6.45, 7) is -0.752. The molecule has 3 saturated heterocycles. The summed E-state index contributed by atoms with van der Waals surface area (Å²) in [7, 11) is 2.09. The van der Waals surface area contributed by atoms with Crippen molar-refractivity contribution in [2.75, 3.05) is 31.1 Å². The van der Waals surface area contributed by atoms with Gasteiger partial charge >= 0.3 is 5.97 Å². The Hall–Kier alpha value is -6.63. The number of aliphatic carboxylic acids is 1. The lowest BCUT2D eigenvalue weighted by Gasteiger charge is -2.31. The summed E-state index contributed by atoms with van der Waals surface area (Å²) in [6.07, 6.45) is 1.26. The lowest BCUT2D eigenvalue weighted by atomic mass is 10.0. The number of aliphatic hydroxyl groups excluding tert-OH is 1. The summed E-state index contributed by atoms with van der Waals surface area (Å²) < 4.78 is 0. The molecule has 8 amide bonds. The highest BCUT2D eigenvalue weighted by molar-refractivity contribution is 8.76. The minimum Gasteiger partial charge on any atom is -0.481 e. The molecule has 7 rings (SSSR count). The molecule has 24 heteroatoms. The van der Waals surface area contributed by atoms with Crippen LogP contribution in [-0.2, 0) is 56.0 Å². The number of aromatic amines is 2. The molecule has 4 aromatic rings. The molecule has 22 nitrogen and oxygen atoms in total. The Morgan fingerprint density at radius 3 is 1.88 bits per heavy atom. The highest BCUT2D eigenvalue weighted by Crippen LogP contribution is 2.28. The molecular formula is C45H55N11O11S2. The number of carboxylic acid groups (broad SMARTS) is 1. The predicted molar refractivity (Wildman–Crippen MR) is 255 cm³/mol. The molecule has 13 N–H and O–H groups in total. The van der Waals surface area contributed by atoms with Gasteiger partial charge in [-0.05, 0) is 42.5 Å². The molecule has 2 aromatic carbocycles. The second kappa shape index (κ2) is 22.7. The Morgan fingerprint density at radius 2 is 1.29 bits per heavy atom. The molecule has 2 aromatic heterocycles. The summed E-state index contributed by atoms with van der Waals surface area (Å²) in [5.74, 6) is -7.89. The van der Waals surface area contributed by atoms with Crippen LogP contribution in [-0.4, -0.2) is 163 Å². The lowest BCUT2D eigenvalue weighted by Crippen LogP contribution is -2.60. The number of carboxylic acids is 1. The topological polar surface area (TPSA) is 344 Å². The fourth-order valence-corrected chi connectivity index (χ4v) is 11.3. The van der Waals surface area contributed by atoms with Crippen molar-refractivity contribution in [3.63, 3.8) is 0 Å². The molecule has 3 aliphatic heterocycles. The fourth-order valence-electron chi connectivity index (χ4n) is 8.93. The van der Waals surface area contributed by atoms with Crippen molar-refractivity contribution in [3.8, 4) is 0 Å². The van der Waals surface area contributed by atoms with E-state index >= 15 is 0 Å². The molecule has 0 radical (unpaired) electrons. The first-order chi connectivity index (χ1) is 33.1. The van der Waals surface area contributed by atoms with Crippen LogP contribution in [0.25, 0.3) is 21.8 Å². The van der Waals surface area contributed by atoms with Crippen LogP contribution in [0.3, 0.4) is 0 Å². The van der Waals surface area contributed by atoms with Gasteiger partial charge in [-0.25, -0.2) is 0 Å². The first-order valence-corrected chi connectivity index (χ1v) is 25.0. The second-order valence-electron chi connectivity index (χ2n) is 17.2. The standard InChI is InChI=1S/C45H55N11O11S2/c46-17-37(58)50-34-22-69-68-21-33(39(47)61)54-41(63)32(15-24-19-49-29-9-4-2-7-27(24)29)52-42(64)35-10-5-13-55(35)44(66)30(11-12-38(59)60)51-40(62)31(14-23-18-48-28-8-3-1-6-26(23)28)53-43(65)36-16-25(57)20-56(36)45(34)67/h1-4,6-9,18-19,25,30-36,48-49,57H,5,10-17,20-22,46H2,(H2,47,61)(H,50,58)(H,51,62)(H,52,64)(H,53,65)(H,54,63)(H,59,60)/t25-,30+,31-,32+,33+,34+,35+,36+/m1/s1. The van der Waals surface area contributed by atoms with E-state index in [-0.39, 0.29) is 50.3 Å². The van der Waals surface area contributed by atoms with Gasteiger partial charge in [0.05, 0.1) is 12.6 Å². The lowest BCUT2D eigenvalue weighted by molar-refractivity contribution is -0.144. The molecule has 8 atom stereocenters. The molecule has 0 aliphatic carbocycles. The number of amides is 8. The number of para-hydroxylation sites is 2. The van der Waals surface area contributed by atoms with E-state index in [0.29, 0.717) is 17.5 Å². The van der Waals surface area contributed by atoms with Crippen LogP contribution in [0.2, 0.25) is 0 Å². The van der Waals surface area contributed by atoms with E-state index in [2.05, 4.69) is 36.6 Å². The number of nitrogens with two attached hydrogens (primary N) is 2. The first kappa shape index (κ1) is 50.3. The number of hydrogen-bond donors (Lipinski definition) is 11. The Kier molecular flexibility index (Phi) is 16.5. The summed E-state index contributed by atoms with van der Waals surface area (Å²) >= 11 is 0. The number of aromatic nitrogens is 2. The number of H-pyrrole nitrogens is 2. The van der Waals surface area contributed by atoms with Crippen molar-refractivity contribution >= 4 is 96.6 Å². The molecule has 0 unspecified atom stereocenters. The van der Waals surface area contributed by atoms with Gasteiger partial charge in [0.25, 0.3) is 0 Å². The van der Waals surface area contributed by atoms with Crippen LogP contribution in [0.1, 0.15) is 43.2 Å². The number of carbonyl (C=O) groups excluding carboxylic acids is 8. The van der Waals surface area contributed by atoms with Crippen molar-refractivity contribution in [1.29, 1.82) is 0 Å². The van der Waals surface area contributed by atoms with Crippen LogP contribution >= 0.6 is 21.6 Å². The Bertz CT molecular complexity index is 2610. The molecule has 69 heavy (non-hydrogen) atoms. The van der Waals surface area contributed by atoms with Crippen LogP contribution in [0, 0.1) is 0 Å². The minimum absolute atomic E-state index is 0.0460. The maximum Gasteiger partial charge on any atom is 0.303 e. The quantitative estimate of drug-likeness (QED) is 0.0808. The van der Waals surface area contributed by atoms with E-state index in [1.165, 1.54) is 4.90 Å². The van der Waals surface area contributed by atoms with Gasteiger partial charge in [-0.3, -0.25) is 43.2 Å². The van der Waals surface area contributed by atoms with Crippen LogP contribution in [0.5, 0.6) is 0 Å². The van der Waals surface area contributed by atoms with Crippen molar-refractivity contribution in [2.45, 2.75) is 93.3 Å².